The molecule has 0 fully saturated rings. The maximum absolute atomic E-state index is 11.0. The van der Waals surface area contributed by atoms with Crippen LogP contribution in [0.2, 0.25) is 0 Å². The van der Waals surface area contributed by atoms with E-state index in [0.717, 1.165) is 5.69 Å². The highest BCUT2D eigenvalue weighted by Gasteiger charge is 2.15. The fourth-order valence-corrected chi connectivity index (χ4v) is 2.29. The van der Waals surface area contributed by atoms with E-state index in [9.17, 15) is 4.79 Å². The Kier molecular flexibility index (Phi) is 3.09. The highest BCUT2D eigenvalue weighted by molar-refractivity contribution is 5.71. The van der Waals surface area contributed by atoms with Crippen molar-refractivity contribution in [1.29, 1.82) is 0 Å². The molecule has 0 saturated carbocycles. The second-order valence-corrected chi connectivity index (χ2v) is 4.72. The van der Waals surface area contributed by atoms with Gasteiger partial charge in [0, 0.05) is 35.4 Å². The minimum Gasteiger partial charge on any atom is -0.481 e. The van der Waals surface area contributed by atoms with Gasteiger partial charge in [0.2, 0.25) is 0 Å². The first-order valence-corrected chi connectivity index (χ1v) is 6.40. The van der Waals surface area contributed by atoms with E-state index in [0.29, 0.717) is 28.3 Å². The van der Waals surface area contributed by atoms with Gasteiger partial charge in [-0.3, -0.25) is 14.8 Å². The Balaban J connectivity index is 2.18. The lowest BCUT2D eigenvalue weighted by molar-refractivity contribution is -0.136. The van der Waals surface area contributed by atoms with Crippen LogP contribution in [-0.4, -0.2) is 35.6 Å². The summed E-state index contributed by atoms with van der Waals surface area (Å²) in [4.78, 5) is 23.6. The average molecular weight is 283 g/mol. The van der Waals surface area contributed by atoms with Crippen molar-refractivity contribution >= 4 is 11.6 Å². The smallest absolute Gasteiger partial charge is 0.307 e. The Hall–Kier alpha value is -2.83. The first kappa shape index (κ1) is 13.2. The summed E-state index contributed by atoms with van der Waals surface area (Å²) in [5, 5.41) is 13.4. The molecule has 3 aromatic heterocycles. The van der Waals surface area contributed by atoms with E-state index in [2.05, 4.69) is 20.1 Å². The van der Waals surface area contributed by atoms with Crippen LogP contribution in [0, 0.1) is 13.8 Å². The maximum Gasteiger partial charge on any atom is 0.307 e. The van der Waals surface area contributed by atoms with E-state index in [1.165, 1.54) is 0 Å². The molecule has 3 aromatic rings. The molecule has 0 aliphatic rings. The van der Waals surface area contributed by atoms with Gasteiger partial charge in [-0.05, 0) is 13.8 Å². The molecule has 0 aromatic carbocycles. The third-order valence-electron chi connectivity index (χ3n) is 3.32. The molecule has 7 nitrogen and oxygen atoms in total. The van der Waals surface area contributed by atoms with E-state index >= 15 is 0 Å². The summed E-state index contributed by atoms with van der Waals surface area (Å²) < 4.78 is 1.65. The summed E-state index contributed by atoms with van der Waals surface area (Å²) in [7, 11) is 0. The van der Waals surface area contributed by atoms with E-state index in [-0.39, 0.29) is 6.42 Å². The van der Waals surface area contributed by atoms with Crippen molar-refractivity contribution in [3.63, 3.8) is 0 Å². The number of carboxylic acids is 1. The van der Waals surface area contributed by atoms with Gasteiger partial charge in [0.15, 0.2) is 5.65 Å². The number of aryl methyl sites for hydroxylation is 2. The fourth-order valence-electron chi connectivity index (χ4n) is 2.29. The van der Waals surface area contributed by atoms with Crippen molar-refractivity contribution in [1.82, 2.24) is 24.6 Å². The zero-order valence-electron chi connectivity index (χ0n) is 11.6. The number of nitrogens with zero attached hydrogens (tertiary/aromatic N) is 5. The molecule has 0 bridgehead atoms. The minimum absolute atomic E-state index is 0.0685. The van der Waals surface area contributed by atoms with Crippen molar-refractivity contribution in [2.75, 3.05) is 0 Å². The summed E-state index contributed by atoms with van der Waals surface area (Å²) in [5.41, 5.74) is 4.14. The summed E-state index contributed by atoms with van der Waals surface area (Å²) in [6.07, 6.45) is 4.75. The van der Waals surface area contributed by atoms with Crippen LogP contribution in [0.25, 0.3) is 17.0 Å². The minimum atomic E-state index is -0.886. The highest BCUT2D eigenvalue weighted by Crippen LogP contribution is 2.20. The van der Waals surface area contributed by atoms with Crippen LogP contribution in [0.1, 0.15) is 17.0 Å². The predicted octanol–water partition coefficient (Wildman–Crippen LogP) is 1.43. The number of aromatic nitrogens is 5. The number of fused-ring (bicyclic) bond motifs is 1. The fraction of sp³-hybridized carbons (Fsp3) is 0.214. The van der Waals surface area contributed by atoms with E-state index in [1.54, 1.807) is 30.0 Å². The molecule has 0 spiro atoms. The molecule has 0 amide bonds. The molecule has 0 aliphatic heterocycles. The van der Waals surface area contributed by atoms with E-state index in [4.69, 9.17) is 5.11 Å². The molecule has 3 heterocycles. The largest absolute Gasteiger partial charge is 0.481 e. The zero-order valence-corrected chi connectivity index (χ0v) is 11.6. The summed E-state index contributed by atoms with van der Waals surface area (Å²) in [5.74, 6) is -0.886. The van der Waals surface area contributed by atoms with Crippen LogP contribution in [0.4, 0.5) is 0 Å². The Bertz CT molecular complexity index is 826. The third kappa shape index (κ3) is 2.33. The van der Waals surface area contributed by atoms with Crippen molar-refractivity contribution in [3.8, 4) is 11.4 Å². The molecule has 21 heavy (non-hydrogen) atoms. The number of rotatable bonds is 3. The van der Waals surface area contributed by atoms with Gasteiger partial charge in [-0.25, -0.2) is 9.50 Å². The lowest BCUT2D eigenvalue weighted by Crippen LogP contribution is -2.10. The molecule has 0 unspecified atom stereocenters. The second-order valence-electron chi connectivity index (χ2n) is 4.72. The average Bonchev–Trinajstić information content (AvgIpc) is 2.88. The molecule has 0 radical (unpaired) electrons. The Morgan fingerprint density at radius 2 is 2.10 bits per heavy atom. The van der Waals surface area contributed by atoms with Gasteiger partial charge in [-0.15, -0.1) is 0 Å². The number of hydrogen-bond donors (Lipinski definition) is 1. The maximum atomic E-state index is 11.0. The van der Waals surface area contributed by atoms with Gasteiger partial charge in [0.25, 0.3) is 0 Å². The lowest BCUT2D eigenvalue weighted by atomic mass is 10.1. The summed E-state index contributed by atoms with van der Waals surface area (Å²) >= 11 is 0. The van der Waals surface area contributed by atoms with Crippen LogP contribution >= 0.6 is 0 Å². The molecule has 3 rings (SSSR count). The topological polar surface area (TPSA) is 93.3 Å². The predicted molar refractivity (Wildman–Crippen MR) is 74.8 cm³/mol. The highest BCUT2D eigenvalue weighted by atomic mass is 16.4. The molecular formula is C14H13N5O2. The Morgan fingerprint density at radius 3 is 2.76 bits per heavy atom. The van der Waals surface area contributed by atoms with Crippen LogP contribution in [-0.2, 0) is 11.2 Å². The van der Waals surface area contributed by atoms with E-state index < -0.39 is 5.97 Å². The normalized spacial score (nSPS) is 11.0. The number of carboxylic acid groups (broad SMARTS) is 1. The van der Waals surface area contributed by atoms with Crippen LogP contribution in [0.15, 0.2) is 24.7 Å². The second kappa shape index (κ2) is 4.93. The third-order valence-corrected chi connectivity index (χ3v) is 3.32. The summed E-state index contributed by atoms with van der Waals surface area (Å²) in [6, 6.07) is 1.81. The SMILES string of the molecule is Cc1nc2cc(-c3cnccn3)nn2c(C)c1CC(=O)O. The van der Waals surface area contributed by atoms with Gasteiger partial charge in [-0.2, -0.15) is 5.10 Å². The number of aliphatic carboxylic acids is 1. The van der Waals surface area contributed by atoms with Crippen LogP contribution in [0.5, 0.6) is 0 Å². The Labute approximate surface area is 120 Å². The molecule has 7 heteroatoms. The number of hydrogen-bond acceptors (Lipinski definition) is 5. The van der Waals surface area contributed by atoms with Crippen LogP contribution in [0.3, 0.4) is 0 Å². The van der Waals surface area contributed by atoms with Crippen molar-refractivity contribution < 1.29 is 9.90 Å². The van der Waals surface area contributed by atoms with Gasteiger partial charge >= 0.3 is 5.97 Å². The standard InChI is InChI=1S/C14H13N5O2/c1-8-10(5-14(20)21)9(2)19-13(17-8)6-11(18-19)12-7-15-3-4-16-12/h3-4,6-7H,5H2,1-2H3,(H,20,21). The van der Waals surface area contributed by atoms with Crippen molar-refractivity contribution in [2.24, 2.45) is 0 Å². The monoisotopic (exact) mass is 283 g/mol. The van der Waals surface area contributed by atoms with Crippen molar-refractivity contribution in [3.05, 3.63) is 41.6 Å². The zero-order chi connectivity index (χ0) is 15.0. The molecule has 1 N–H and O–H groups in total. The molecule has 0 aliphatic carbocycles. The molecule has 0 saturated heterocycles. The van der Waals surface area contributed by atoms with Gasteiger partial charge in [0.05, 0.1) is 12.6 Å². The van der Waals surface area contributed by atoms with Crippen molar-refractivity contribution in [2.45, 2.75) is 20.3 Å². The first-order valence-electron chi connectivity index (χ1n) is 6.40. The van der Waals surface area contributed by atoms with Gasteiger partial charge in [0.1, 0.15) is 11.4 Å². The van der Waals surface area contributed by atoms with Crippen LogP contribution < -0.4 is 0 Å². The summed E-state index contributed by atoms with van der Waals surface area (Å²) in [6.45, 7) is 3.65. The lowest BCUT2D eigenvalue weighted by Gasteiger charge is -2.08. The molecule has 0 atom stereocenters. The Morgan fingerprint density at radius 1 is 1.29 bits per heavy atom. The number of carbonyl (C=O) groups is 1. The van der Waals surface area contributed by atoms with Gasteiger partial charge < -0.3 is 5.11 Å². The van der Waals surface area contributed by atoms with E-state index in [1.807, 2.05) is 13.0 Å². The quantitative estimate of drug-likeness (QED) is 0.781. The molecular weight excluding hydrogens is 270 g/mol. The van der Waals surface area contributed by atoms with Gasteiger partial charge in [-0.1, -0.05) is 0 Å². The molecule has 106 valence electrons. The first-order chi connectivity index (χ1) is 10.1.